The lowest BCUT2D eigenvalue weighted by Crippen LogP contribution is -2.29. The first-order valence-electron chi connectivity index (χ1n) is 7.08. The molecule has 1 aliphatic rings. The molecule has 1 aliphatic heterocycles. The average molecular weight is 261 g/mol. The molecule has 19 heavy (non-hydrogen) atoms. The van der Waals surface area contributed by atoms with Crippen molar-refractivity contribution in [3.05, 3.63) is 29.6 Å². The van der Waals surface area contributed by atoms with E-state index in [1.165, 1.54) is 5.56 Å². The first-order chi connectivity index (χ1) is 9.17. The van der Waals surface area contributed by atoms with Crippen LogP contribution in [0.5, 0.6) is 0 Å². The summed E-state index contributed by atoms with van der Waals surface area (Å²) in [7, 11) is 0. The van der Waals surface area contributed by atoms with Gasteiger partial charge in [0.1, 0.15) is 0 Å². The number of nitrogens with one attached hydrogen (secondary N) is 1. The Bertz CT molecular complexity index is 416. The molecule has 1 fully saturated rings. The van der Waals surface area contributed by atoms with E-state index in [-0.39, 0.29) is 5.91 Å². The number of nitrogens with zero attached hydrogens (tertiary/aromatic N) is 2. The van der Waals surface area contributed by atoms with Crippen LogP contribution in [0.1, 0.15) is 31.5 Å². The van der Waals surface area contributed by atoms with Crippen LogP contribution in [0.15, 0.2) is 18.3 Å². The van der Waals surface area contributed by atoms with Crippen LogP contribution >= 0.6 is 0 Å². The van der Waals surface area contributed by atoms with Gasteiger partial charge in [-0.25, -0.2) is 0 Å². The van der Waals surface area contributed by atoms with Gasteiger partial charge in [-0.05, 0) is 36.9 Å². The van der Waals surface area contributed by atoms with Crippen molar-refractivity contribution in [2.45, 2.75) is 33.2 Å². The highest BCUT2D eigenvalue weighted by Crippen LogP contribution is 2.17. The fourth-order valence-corrected chi connectivity index (χ4v) is 2.50. The Morgan fingerprint density at radius 3 is 3.00 bits per heavy atom. The summed E-state index contributed by atoms with van der Waals surface area (Å²) in [6.07, 6.45) is 4.17. The minimum Gasteiger partial charge on any atom is -0.356 e. The molecule has 0 radical (unpaired) electrons. The zero-order chi connectivity index (χ0) is 13.7. The number of aryl methyl sites for hydroxylation is 1. The maximum atomic E-state index is 10.9. The van der Waals surface area contributed by atoms with Crippen molar-refractivity contribution in [2.75, 3.05) is 19.6 Å². The molecule has 4 heteroatoms. The van der Waals surface area contributed by atoms with Crippen molar-refractivity contribution >= 4 is 5.91 Å². The number of rotatable bonds is 5. The molecule has 1 atom stereocenters. The van der Waals surface area contributed by atoms with E-state index < -0.39 is 0 Å². The molecule has 4 nitrogen and oxygen atoms in total. The smallest absolute Gasteiger partial charge is 0.216 e. The first-order valence-corrected chi connectivity index (χ1v) is 7.08. The van der Waals surface area contributed by atoms with E-state index in [4.69, 9.17) is 0 Å². The number of hydrogen-bond donors (Lipinski definition) is 1. The lowest BCUT2D eigenvalue weighted by Gasteiger charge is -2.15. The largest absolute Gasteiger partial charge is 0.356 e. The van der Waals surface area contributed by atoms with E-state index in [0.29, 0.717) is 5.92 Å². The van der Waals surface area contributed by atoms with Crippen LogP contribution in [0.25, 0.3) is 0 Å². The van der Waals surface area contributed by atoms with Gasteiger partial charge in [-0.2, -0.15) is 0 Å². The van der Waals surface area contributed by atoms with Crippen molar-refractivity contribution in [3.63, 3.8) is 0 Å². The van der Waals surface area contributed by atoms with Gasteiger partial charge in [0.25, 0.3) is 0 Å². The number of pyridine rings is 1. The van der Waals surface area contributed by atoms with Crippen LogP contribution in [0.3, 0.4) is 0 Å². The molecule has 0 unspecified atom stereocenters. The fraction of sp³-hybridized carbons (Fsp3) is 0.600. The first kappa shape index (κ1) is 14.0. The Morgan fingerprint density at radius 2 is 2.37 bits per heavy atom. The normalized spacial score (nSPS) is 19.6. The Hall–Kier alpha value is -1.42. The van der Waals surface area contributed by atoms with Gasteiger partial charge in [-0.15, -0.1) is 0 Å². The third kappa shape index (κ3) is 4.31. The molecule has 0 aromatic carbocycles. The second kappa shape index (κ2) is 6.66. The maximum absolute atomic E-state index is 10.9. The number of likely N-dealkylation sites (tertiary alicyclic amines) is 1. The third-order valence-electron chi connectivity index (χ3n) is 3.69. The second-order valence-electron chi connectivity index (χ2n) is 5.34. The Labute approximate surface area is 115 Å². The molecule has 0 saturated carbocycles. The van der Waals surface area contributed by atoms with E-state index in [2.05, 4.69) is 34.3 Å². The summed E-state index contributed by atoms with van der Waals surface area (Å²) < 4.78 is 0. The number of aromatic nitrogens is 1. The molecular weight excluding hydrogens is 238 g/mol. The van der Waals surface area contributed by atoms with Gasteiger partial charge in [0.15, 0.2) is 0 Å². The van der Waals surface area contributed by atoms with Gasteiger partial charge in [-0.1, -0.05) is 13.0 Å². The maximum Gasteiger partial charge on any atom is 0.216 e. The second-order valence-corrected chi connectivity index (χ2v) is 5.34. The SMILES string of the molecule is CCc1ccc(CN2CC[C@H](CNC(C)=O)C2)nc1. The zero-order valence-electron chi connectivity index (χ0n) is 11.9. The molecule has 1 N–H and O–H groups in total. The monoisotopic (exact) mass is 261 g/mol. The van der Waals surface area contributed by atoms with E-state index in [0.717, 1.165) is 44.7 Å². The lowest BCUT2D eigenvalue weighted by molar-refractivity contribution is -0.119. The highest BCUT2D eigenvalue weighted by atomic mass is 16.1. The number of carbonyl (C=O) groups excluding carboxylic acids is 1. The number of amides is 1. The minimum atomic E-state index is 0.0651. The Morgan fingerprint density at radius 1 is 1.53 bits per heavy atom. The van der Waals surface area contributed by atoms with Crippen molar-refractivity contribution in [3.8, 4) is 0 Å². The molecule has 2 rings (SSSR count). The Balaban J connectivity index is 1.79. The van der Waals surface area contributed by atoms with Gasteiger partial charge in [0, 0.05) is 32.8 Å². The van der Waals surface area contributed by atoms with E-state index in [9.17, 15) is 4.79 Å². The zero-order valence-corrected chi connectivity index (χ0v) is 11.9. The molecule has 0 aliphatic carbocycles. The molecule has 0 spiro atoms. The summed E-state index contributed by atoms with van der Waals surface area (Å²) in [6.45, 7) is 7.59. The quantitative estimate of drug-likeness (QED) is 0.875. The molecule has 1 aromatic rings. The predicted octanol–water partition coefficient (Wildman–Crippen LogP) is 1.60. The third-order valence-corrected chi connectivity index (χ3v) is 3.69. The van der Waals surface area contributed by atoms with Gasteiger partial charge >= 0.3 is 0 Å². The predicted molar refractivity (Wildman–Crippen MR) is 75.7 cm³/mol. The number of carbonyl (C=O) groups is 1. The fourth-order valence-electron chi connectivity index (χ4n) is 2.50. The van der Waals surface area contributed by atoms with Gasteiger partial charge in [0.2, 0.25) is 5.91 Å². The van der Waals surface area contributed by atoms with Gasteiger partial charge in [0.05, 0.1) is 5.69 Å². The minimum absolute atomic E-state index is 0.0651. The van der Waals surface area contributed by atoms with Crippen molar-refractivity contribution in [1.29, 1.82) is 0 Å². The van der Waals surface area contributed by atoms with Crippen LogP contribution in [-0.4, -0.2) is 35.4 Å². The Kier molecular flexibility index (Phi) is 4.91. The summed E-state index contributed by atoms with van der Waals surface area (Å²) in [6, 6.07) is 4.28. The average Bonchev–Trinajstić information content (AvgIpc) is 2.85. The number of hydrogen-bond acceptors (Lipinski definition) is 3. The molecule has 0 bridgehead atoms. The van der Waals surface area contributed by atoms with Crippen molar-refractivity contribution in [2.24, 2.45) is 5.92 Å². The molecule has 104 valence electrons. The topological polar surface area (TPSA) is 45.2 Å². The van der Waals surface area contributed by atoms with Crippen LogP contribution in [-0.2, 0) is 17.8 Å². The lowest BCUT2D eigenvalue weighted by atomic mass is 10.1. The van der Waals surface area contributed by atoms with E-state index in [1.807, 2.05) is 6.20 Å². The summed E-state index contributed by atoms with van der Waals surface area (Å²) in [4.78, 5) is 17.8. The summed E-state index contributed by atoms with van der Waals surface area (Å²) >= 11 is 0. The van der Waals surface area contributed by atoms with Gasteiger partial charge in [-0.3, -0.25) is 14.7 Å². The van der Waals surface area contributed by atoms with Gasteiger partial charge < -0.3 is 5.32 Å². The molecule has 1 saturated heterocycles. The van der Waals surface area contributed by atoms with E-state index in [1.54, 1.807) is 6.92 Å². The van der Waals surface area contributed by atoms with Crippen LogP contribution in [0.4, 0.5) is 0 Å². The van der Waals surface area contributed by atoms with Crippen molar-refractivity contribution < 1.29 is 4.79 Å². The van der Waals surface area contributed by atoms with Crippen LogP contribution < -0.4 is 5.32 Å². The standard InChI is InChI=1S/C15H23N3O/c1-3-13-4-5-15(17-8-13)11-18-7-6-14(10-18)9-16-12(2)19/h4-5,8,14H,3,6-7,9-11H2,1-2H3,(H,16,19)/t14-/m1/s1. The summed E-state index contributed by atoms with van der Waals surface area (Å²) in [5, 5.41) is 2.91. The molecule has 2 heterocycles. The van der Waals surface area contributed by atoms with Crippen LogP contribution in [0.2, 0.25) is 0 Å². The van der Waals surface area contributed by atoms with Crippen molar-refractivity contribution in [1.82, 2.24) is 15.2 Å². The highest BCUT2D eigenvalue weighted by molar-refractivity contribution is 5.72. The highest BCUT2D eigenvalue weighted by Gasteiger charge is 2.22. The summed E-state index contributed by atoms with van der Waals surface area (Å²) in [5.41, 5.74) is 2.42. The van der Waals surface area contributed by atoms with E-state index >= 15 is 0 Å². The van der Waals surface area contributed by atoms with Crippen LogP contribution in [0, 0.1) is 5.92 Å². The molecule has 1 aromatic heterocycles. The molecule has 1 amide bonds. The summed E-state index contributed by atoms with van der Waals surface area (Å²) in [5.74, 6) is 0.647. The molecular formula is C15H23N3O.